The van der Waals surface area contributed by atoms with Gasteiger partial charge in [-0.1, -0.05) is 39.0 Å². The van der Waals surface area contributed by atoms with Gasteiger partial charge in [0.15, 0.2) is 5.78 Å². The third-order valence-electron chi connectivity index (χ3n) is 2.18. The molecule has 0 aliphatic heterocycles. The molecular weight excluding hydrogens is 218 g/mol. The first-order valence-corrected chi connectivity index (χ1v) is 5.43. The third-order valence-corrected chi connectivity index (χ3v) is 2.18. The summed E-state index contributed by atoms with van der Waals surface area (Å²) in [5.74, 6) is 0.413. The Morgan fingerprint density at radius 1 is 1.18 bits per heavy atom. The van der Waals surface area contributed by atoms with Crippen LogP contribution in [0.3, 0.4) is 0 Å². The lowest BCUT2D eigenvalue weighted by Crippen LogP contribution is -2.36. The summed E-state index contributed by atoms with van der Waals surface area (Å²) in [4.78, 5) is 22.9. The molecule has 17 heavy (non-hydrogen) atoms. The number of hydrogen-bond acceptors (Lipinski definition) is 3. The Morgan fingerprint density at radius 3 is 2.29 bits per heavy atom. The number of Topliss-reactive ketones (excluding diaryl/α,β-unsaturated/α-hetero) is 1. The zero-order chi connectivity index (χ0) is 12.9. The number of para-hydroxylation sites is 1. The summed E-state index contributed by atoms with van der Waals surface area (Å²) in [6, 6.07) is 8.70. The van der Waals surface area contributed by atoms with Gasteiger partial charge in [-0.3, -0.25) is 4.79 Å². The minimum Gasteiger partial charge on any atom is -0.410 e. The van der Waals surface area contributed by atoms with Crippen LogP contribution in [-0.2, 0) is 4.79 Å². The van der Waals surface area contributed by atoms with Crippen LogP contribution >= 0.6 is 0 Å². The molecule has 0 aliphatic carbocycles. The molecule has 0 saturated heterocycles. The van der Waals surface area contributed by atoms with Gasteiger partial charge >= 0.3 is 6.09 Å². The molecule has 0 spiro atoms. The van der Waals surface area contributed by atoms with Crippen molar-refractivity contribution in [2.45, 2.75) is 20.8 Å². The smallest absolute Gasteiger partial charge is 0.410 e. The number of ether oxygens (including phenoxy) is 1. The summed E-state index contributed by atoms with van der Waals surface area (Å²) >= 11 is 0. The van der Waals surface area contributed by atoms with E-state index in [0.29, 0.717) is 5.75 Å². The minimum absolute atomic E-state index is 0.0187. The van der Waals surface area contributed by atoms with Crippen molar-refractivity contribution in [3.05, 3.63) is 30.3 Å². The van der Waals surface area contributed by atoms with Crippen LogP contribution in [0, 0.1) is 5.41 Å². The van der Waals surface area contributed by atoms with Crippen LogP contribution in [0.4, 0.5) is 4.79 Å². The van der Waals surface area contributed by atoms with Crippen LogP contribution in [0.1, 0.15) is 20.8 Å². The Morgan fingerprint density at radius 2 is 1.76 bits per heavy atom. The van der Waals surface area contributed by atoms with Crippen LogP contribution < -0.4 is 10.1 Å². The van der Waals surface area contributed by atoms with Gasteiger partial charge in [-0.05, 0) is 12.1 Å². The molecule has 0 fully saturated rings. The SMILES string of the molecule is CC(C)(C)C(=O)CNC(=O)Oc1ccccc1. The van der Waals surface area contributed by atoms with Crippen molar-refractivity contribution in [2.24, 2.45) is 5.41 Å². The second-order valence-corrected chi connectivity index (χ2v) is 4.73. The fourth-order valence-electron chi connectivity index (χ4n) is 1.05. The molecule has 0 atom stereocenters. The second-order valence-electron chi connectivity index (χ2n) is 4.73. The normalized spacial score (nSPS) is 10.8. The van der Waals surface area contributed by atoms with E-state index in [2.05, 4.69) is 5.32 Å². The summed E-state index contributed by atoms with van der Waals surface area (Å²) < 4.78 is 4.98. The molecule has 0 unspecified atom stereocenters. The predicted octanol–water partition coefficient (Wildman–Crippen LogP) is 2.39. The average molecular weight is 235 g/mol. The van der Waals surface area contributed by atoms with Crippen molar-refractivity contribution in [2.75, 3.05) is 6.54 Å². The van der Waals surface area contributed by atoms with E-state index in [0.717, 1.165) is 0 Å². The van der Waals surface area contributed by atoms with Crippen molar-refractivity contribution in [3.63, 3.8) is 0 Å². The van der Waals surface area contributed by atoms with Crippen molar-refractivity contribution < 1.29 is 14.3 Å². The van der Waals surface area contributed by atoms with Gasteiger partial charge in [0.1, 0.15) is 5.75 Å². The van der Waals surface area contributed by atoms with E-state index in [1.165, 1.54) is 0 Å². The van der Waals surface area contributed by atoms with Crippen LogP contribution in [0.2, 0.25) is 0 Å². The van der Waals surface area contributed by atoms with E-state index in [9.17, 15) is 9.59 Å². The molecule has 0 radical (unpaired) electrons. The highest BCUT2D eigenvalue weighted by Crippen LogP contribution is 2.13. The fraction of sp³-hybridized carbons (Fsp3) is 0.385. The molecule has 0 saturated carbocycles. The van der Waals surface area contributed by atoms with Crippen molar-refractivity contribution in [1.82, 2.24) is 5.32 Å². The quantitative estimate of drug-likeness (QED) is 0.875. The Bertz CT molecular complexity index is 393. The standard InChI is InChI=1S/C13H17NO3/c1-13(2,3)11(15)9-14-12(16)17-10-7-5-4-6-8-10/h4-8H,9H2,1-3H3,(H,14,16). The lowest BCUT2D eigenvalue weighted by atomic mass is 9.91. The first kappa shape index (κ1) is 13.2. The molecule has 92 valence electrons. The van der Waals surface area contributed by atoms with Gasteiger partial charge in [-0.15, -0.1) is 0 Å². The summed E-state index contributed by atoms with van der Waals surface area (Å²) in [7, 11) is 0. The van der Waals surface area contributed by atoms with Crippen molar-refractivity contribution in [1.29, 1.82) is 0 Å². The van der Waals surface area contributed by atoms with Crippen LogP contribution in [0.15, 0.2) is 30.3 Å². The highest BCUT2D eigenvalue weighted by molar-refractivity contribution is 5.88. The molecule has 0 bridgehead atoms. The lowest BCUT2D eigenvalue weighted by molar-refractivity contribution is -0.125. The van der Waals surface area contributed by atoms with Gasteiger partial charge in [-0.2, -0.15) is 0 Å². The number of nitrogens with one attached hydrogen (secondary N) is 1. The van der Waals surface area contributed by atoms with E-state index < -0.39 is 11.5 Å². The van der Waals surface area contributed by atoms with E-state index in [4.69, 9.17) is 4.74 Å². The number of hydrogen-bond donors (Lipinski definition) is 1. The number of ketones is 1. The zero-order valence-corrected chi connectivity index (χ0v) is 10.3. The highest BCUT2D eigenvalue weighted by atomic mass is 16.6. The van der Waals surface area contributed by atoms with Gasteiger partial charge in [0.25, 0.3) is 0 Å². The summed E-state index contributed by atoms with van der Waals surface area (Å²) in [6.07, 6.45) is -0.617. The Hall–Kier alpha value is -1.84. The largest absolute Gasteiger partial charge is 0.412 e. The van der Waals surface area contributed by atoms with Gasteiger partial charge in [0.2, 0.25) is 0 Å². The fourth-order valence-corrected chi connectivity index (χ4v) is 1.05. The Kier molecular flexibility index (Phi) is 4.26. The molecule has 1 amide bonds. The molecule has 1 aromatic carbocycles. The predicted molar refractivity (Wildman–Crippen MR) is 64.9 cm³/mol. The Labute approximate surface area is 101 Å². The molecule has 1 N–H and O–H groups in total. The monoisotopic (exact) mass is 235 g/mol. The molecule has 4 heteroatoms. The minimum atomic E-state index is -0.617. The van der Waals surface area contributed by atoms with Gasteiger partial charge in [0, 0.05) is 5.41 Å². The zero-order valence-electron chi connectivity index (χ0n) is 10.3. The molecule has 1 aromatic rings. The first-order chi connectivity index (χ1) is 7.89. The summed E-state index contributed by atoms with van der Waals surface area (Å²) in [5, 5.41) is 2.43. The van der Waals surface area contributed by atoms with E-state index >= 15 is 0 Å². The first-order valence-electron chi connectivity index (χ1n) is 5.43. The van der Waals surface area contributed by atoms with E-state index in [1.54, 1.807) is 45.0 Å². The molecular formula is C13H17NO3. The third kappa shape index (κ3) is 4.68. The number of amides is 1. The van der Waals surface area contributed by atoms with Crippen LogP contribution in [0.5, 0.6) is 5.75 Å². The molecule has 0 heterocycles. The molecule has 1 rings (SSSR count). The van der Waals surface area contributed by atoms with E-state index in [1.807, 2.05) is 6.07 Å². The molecule has 4 nitrogen and oxygen atoms in total. The van der Waals surface area contributed by atoms with Crippen molar-refractivity contribution in [3.8, 4) is 5.75 Å². The van der Waals surface area contributed by atoms with Gasteiger partial charge in [-0.25, -0.2) is 4.79 Å². The average Bonchev–Trinajstić information content (AvgIpc) is 2.26. The molecule has 0 aromatic heterocycles. The summed E-state index contributed by atoms with van der Waals surface area (Å²) in [5.41, 5.74) is -0.458. The number of carbonyl (C=O) groups excluding carboxylic acids is 2. The Balaban J connectivity index is 2.39. The lowest BCUT2D eigenvalue weighted by Gasteiger charge is -2.16. The number of carbonyl (C=O) groups is 2. The van der Waals surface area contributed by atoms with Crippen molar-refractivity contribution >= 4 is 11.9 Å². The maximum Gasteiger partial charge on any atom is 0.412 e. The number of rotatable bonds is 3. The topological polar surface area (TPSA) is 55.4 Å². The van der Waals surface area contributed by atoms with Crippen LogP contribution in [0.25, 0.3) is 0 Å². The second kappa shape index (κ2) is 5.48. The van der Waals surface area contributed by atoms with E-state index in [-0.39, 0.29) is 12.3 Å². The number of benzene rings is 1. The maximum atomic E-state index is 11.6. The maximum absolute atomic E-state index is 11.6. The van der Waals surface area contributed by atoms with Gasteiger partial charge in [0.05, 0.1) is 6.54 Å². The highest BCUT2D eigenvalue weighted by Gasteiger charge is 2.21. The van der Waals surface area contributed by atoms with Gasteiger partial charge < -0.3 is 10.1 Å². The summed E-state index contributed by atoms with van der Waals surface area (Å²) in [6.45, 7) is 5.40. The van der Waals surface area contributed by atoms with Crippen LogP contribution in [-0.4, -0.2) is 18.4 Å². The molecule has 0 aliphatic rings.